The molecule has 0 saturated heterocycles. The van der Waals surface area contributed by atoms with Crippen LogP contribution in [-0.4, -0.2) is 37.8 Å². The van der Waals surface area contributed by atoms with Gasteiger partial charge in [-0.15, -0.1) is 0 Å². The predicted octanol–water partition coefficient (Wildman–Crippen LogP) is 3.25. The maximum Gasteiger partial charge on any atom is 0.325 e. The van der Waals surface area contributed by atoms with Crippen LogP contribution in [-0.2, 0) is 16.1 Å². The zero-order valence-corrected chi connectivity index (χ0v) is 17.8. The molecular formula is C21H22N2O5S. The molecule has 3 rings (SSSR count). The van der Waals surface area contributed by atoms with Gasteiger partial charge in [0.25, 0.3) is 5.91 Å². The molecule has 8 heteroatoms. The van der Waals surface area contributed by atoms with E-state index in [9.17, 15) is 9.59 Å². The van der Waals surface area contributed by atoms with Gasteiger partial charge in [-0.1, -0.05) is 23.5 Å². The van der Waals surface area contributed by atoms with E-state index in [0.29, 0.717) is 16.3 Å². The Kier molecular flexibility index (Phi) is 6.03. The number of hydrogen-bond donors (Lipinski definition) is 0. The second-order valence-electron chi connectivity index (χ2n) is 6.44. The summed E-state index contributed by atoms with van der Waals surface area (Å²) < 4.78 is 18.1. The second-order valence-corrected chi connectivity index (χ2v) is 7.41. The Morgan fingerprint density at radius 1 is 1.10 bits per heavy atom. The molecule has 0 fully saturated rings. The van der Waals surface area contributed by atoms with E-state index in [1.807, 2.05) is 19.9 Å². The number of aromatic nitrogens is 1. The van der Waals surface area contributed by atoms with Crippen molar-refractivity contribution in [3.8, 4) is 11.5 Å². The summed E-state index contributed by atoms with van der Waals surface area (Å²) in [5.41, 5.74) is 3.22. The van der Waals surface area contributed by atoms with Gasteiger partial charge < -0.3 is 18.8 Å². The number of aryl methyl sites for hydroxylation is 2. The van der Waals surface area contributed by atoms with Crippen molar-refractivity contribution < 1.29 is 23.8 Å². The molecule has 0 N–H and O–H groups in total. The number of ether oxygens (including phenoxy) is 3. The Bertz CT molecular complexity index is 1160. The zero-order chi connectivity index (χ0) is 21.1. The number of para-hydroxylation sites is 1. The quantitative estimate of drug-likeness (QED) is 0.599. The van der Waals surface area contributed by atoms with Crippen molar-refractivity contribution in [3.63, 3.8) is 0 Å². The first-order valence-corrected chi connectivity index (χ1v) is 9.68. The normalized spacial score (nSPS) is 11.6. The Hall–Kier alpha value is -3.13. The molecule has 0 unspecified atom stereocenters. The Labute approximate surface area is 172 Å². The number of amides is 1. The number of nitrogens with zero attached hydrogens (tertiary/aromatic N) is 2. The maximum absolute atomic E-state index is 13.0. The van der Waals surface area contributed by atoms with Crippen molar-refractivity contribution in [1.82, 2.24) is 4.57 Å². The number of hydrogen-bond acceptors (Lipinski definition) is 6. The summed E-state index contributed by atoms with van der Waals surface area (Å²) in [5, 5.41) is 0. The Morgan fingerprint density at radius 3 is 2.52 bits per heavy atom. The van der Waals surface area contributed by atoms with E-state index in [0.717, 1.165) is 21.3 Å². The summed E-state index contributed by atoms with van der Waals surface area (Å²) in [6, 6.07) is 9.06. The summed E-state index contributed by atoms with van der Waals surface area (Å²) in [6.07, 6.45) is 0. The first-order chi connectivity index (χ1) is 13.9. The van der Waals surface area contributed by atoms with Gasteiger partial charge in [0, 0.05) is 0 Å². The third kappa shape index (κ3) is 4.02. The van der Waals surface area contributed by atoms with E-state index in [4.69, 9.17) is 14.2 Å². The van der Waals surface area contributed by atoms with Gasteiger partial charge in [0.05, 0.1) is 37.1 Å². The lowest BCUT2D eigenvalue weighted by Crippen LogP contribution is -2.22. The van der Waals surface area contributed by atoms with Gasteiger partial charge in [-0.05, 0) is 43.2 Å². The lowest BCUT2D eigenvalue weighted by atomic mass is 10.1. The first-order valence-electron chi connectivity index (χ1n) is 8.87. The minimum Gasteiger partial charge on any atom is -0.493 e. The van der Waals surface area contributed by atoms with Crippen molar-refractivity contribution in [2.24, 2.45) is 4.99 Å². The Morgan fingerprint density at radius 2 is 1.86 bits per heavy atom. The molecule has 2 aromatic carbocycles. The smallest absolute Gasteiger partial charge is 0.325 e. The molecule has 0 spiro atoms. The van der Waals surface area contributed by atoms with E-state index < -0.39 is 11.9 Å². The molecule has 0 aliphatic rings. The number of carbonyl (C=O) groups excluding carboxylic acids is 2. The molecule has 7 nitrogen and oxygen atoms in total. The van der Waals surface area contributed by atoms with Crippen molar-refractivity contribution in [2.75, 3.05) is 21.3 Å². The molecule has 3 aromatic rings. The fourth-order valence-corrected chi connectivity index (χ4v) is 4.22. The van der Waals surface area contributed by atoms with Crippen LogP contribution in [0.15, 0.2) is 35.3 Å². The SMILES string of the molecule is COC(=O)Cn1c(=NC(=O)c2cccc(OC)c2OC)sc2c(C)cc(C)cc21. The molecule has 29 heavy (non-hydrogen) atoms. The minimum atomic E-state index is -0.486. The van der Waals surface area contributed by atoms with Gasteiger partial charge in [-0.3, -0.25) is 9.59 Å². The minimum absolute atomic E-state index is 0.0409. The van der Waals surface area contributed by atoms with E-state index in [1.54, 1.807) is 22.8 Å². The van der Waals surface area contributed by atoms with E-state index >= 15 is 0 Å². The average molecular weight is 414 g/mol. The van der Waals surface area contributed by atoms with Crippen molar-refractivity contribution in [2.45, 2.75) is 20.4 Å². The van der Waals surface area contributed by atoms with Crippen LogP contribution in [0.4, 0.5) is 0 Å². The average Bonchev–Trinajstić information content (AvgIpc) is 3.04. The number of methoxy groups -OCH3 is 3. The summed E-state index contributed by atoms with van der Waals surface area (Å²) in [4.78, 5) is 29.7. The van der Waals surface area contributed by atoms with Gasteiger partial charge in [0.2, 0.25) is 0 Å². The number of esters is 1. The summed E-state index contributed by atoms with van der Waals surface area (Å²) >= 11 is 1.35. The van der Waals surface area contributed by atoms with Crippen LogP contribution < -0.4 is 14.3 Å². The number of thiazole rings is 1. The highest BCUT2D eigenvalue weighted by Crippen LogP contribution is 2.31. The van der Waals surface area contributed by atoms with E-state index in [1.165, 1.54) is 32.7 Å². The van der Waals surface area contributed by atoms with Crippen LogP contribution in [0.25, 0.3) is 10.2 Å². The van der Waals surface area contributed by atoms with E-state index in [-0.39, 0.29) is 12.1 Å². The van der Waals surface area contributed by atoms with Gasteiger partial charge in [-0.2, -0.15) is 4.99 Å². The van der Waals surface area contributed by atoms with Gasteiger partial charge in [0.1, 0.15) is 6.54 Å². The number of rotatable bonds is 5. The highest BCUT2D eigenvalue weighted by Gasteiger charge is 2.18. The molecule has 1 amide bonds. The number of benzene rings is 2. The van der Waals surface area contributed by atoms with Crippen LogP contribution in [0, 0.1) is 13.8 Å². The fourth-order valence-electron chi connectivity index (χ4n) is 3.15. The molecule has 1 heterocycles. The lowest BCUT2D eigenvalue weighted by molar-refractivity contribution is -0.141. The molecule has 1 aromatic heterocycles. The van der Waals surface area contributed by atoms with Crippen LogP contribution in [0.1, 0.15) is 21.5 Å². The van der Waals surface area contributed by atoms with Gasteiger partial charge in [-0.25, -0.2) is 0 Å². The first kappa shape index (κ1) is 20.6. The second kappa shape index (κ2) is 8.48. The van der Waals surface area contributed by atoms with Crippen LogP contribution in [0.5, 0.6) is 11.5 Å². The van der Waals surface area contributed by atoms with Gasteiger partial charge >= 0.3 is 5.97 Å². The zero-order valence-electron chi connectivity index (χ0n) is 16.9. The van der Waals surface area contributed by atoms with Gasteiger partial charge in [0.15, 0.2) is 16.3 Å². The van der Waals surface area contributed by atoms with Crippen molar-refractivity contribution in [1.29, 1.82) is 0 Å². The summed E-state index contributed by atoms with van der Waals surface area (Å²) in [6.45, 7) is 3.93. The van der Waals surface area contributed by atoms with Crippen LogP contribution in [0.2, 0.25) is 0 Å². The van der Waals surface area contributed by atoms with Crippen LogP contribution >= 0.6 is 11.3 Å². The molecule has 152 valence electrons. The molecule has 0 radical (unpaired) electrons. The molecule has 0 atom stereocenters. The Balaban J connectivity index is 2.22. The number of fused-ring (bicyclic) bond motifs is 1. The third-order valence-electron chi connectivity index (χ3n) is 4.46. The molecule has 0 bridgehead atoms. The third-order valence-corrected chi connectivity index (χ3v) is 5.69. The predicted molar refractivity (Wildman–Crippen MR) is 111 cm³/mol. The topological polar surface area (TPSA) is 79.1 Å². The fraction of sp³-hybridized carbons (Fsp3) is 0.286. The molecule has 0 saturated carbocycles. The summed E-state index contributed by atoms with van der Waals surface area (Å²) in [7, 11) is 4.30. The van der Waals surface area contributed by atoms with Crippen molar-refractivity contribution >= 4 is 33.4 Å². The molecule has 0 aliphatic carbocycles. The van der Waals surface area contributed by atoms with E-state index in [2.05, 4.69) is 11.1 Å². The highest BCUT2D eigenvalue weighted by atomic mass is 32.1. The van der Waals surface area contributed by atoms with Crippen molar-refractivity contribution in [3.05, 3.63) is 51.8 Å². The maximum atomic E-state index is 13.0. The molecular weight excluding hydrogens is 392 g/mol. The standard InChI is InChI=1S/C21H22N2O5S/c1-12-9-13(2)19-15(10-12)23(11-17(24)27-4)21(29-19)22-20(25)14-7-6-8-16(26-3)18(14)28-5/h6-10H,11H2,1-5H3. The largest absolute Gasteiger partial charge is 0.493 e. The monoisotopic (exact) mass is 414 g/mol. The lowest BCUT2D eigenvalue weighted by Gasteiger charge is -2.10. The molecule has 0 aliphatic heterocycles. The van der Waals surface area contributed by atoms with Crippen LogP contribution in [0.3, 0.4) is 0 Å². The summed E-state index contributed by atoms with van der Waals surface area (Å²) in [5.74, 6) is -0.146. The highest BCUT2D eigenvalue weighted by molar-refractivity contribution is 7.16. The number of carbonyl (C=O) groups is 2.